The van der Waals surface area contributed by atoms with Crippen molar-refractivity contribution in [1.29, 1.82) is 0 Å². The van der Waals surface area contributed by atoms with E-state index in [0.717, 1.165) is 27.1 Å². The molecule has 19 heavy (non-hydrogen) atoms. The maximum Gasteiger partial charge on any atom is 0.171 e. The molecule has 1 aromatic rings. The van der Waals surface area contributed by atoms with Gasteiger partial charge in [0.1, 0.15) is 0 Å². The smallest absolute Gasteiger partial charge is 0.171 e. The van der Waals surface area contributed by atoms with Crippen LogP contribution in [0.4, 0.5) is 5.69 Å². The van der Waals surface area contributed by atoms with Crippen LogP contribution in [0.1, 0.15) is 31.2 Å². The van der Waals surface area contributed by atoms with Gasteiger partial charge in [-0.15, -0.1) is 0 Å². The minimum atomic E-state index is 0.592. The van der Waals surface area contributed by atoms with Crippen molar-refractivity contribution < 1.29 is 0 Å². The van der Waals surface area contributed by atoms with Gasteiger partial charge in [0.05, 0.1) is 0 Å². The molecule has 0 aliphatic heterocycles. The highest BCUT2D eigenvalue weighted by atomic mass is 79.9. The molecule has 102 valence electrons. The van der Waals surface area contributed by atoms with Gasteiger partial charge in [0.15, 0.2) is 5.11 Å². The molecule has 2 N–H and O–H groups in total. The van der Waals surface area contributed by atoms with Crippen molar-refractivity contribution in [3.05, 3.63) is 28.2 Å². The number of nitrogens with one attached hydrogen (secondary N) is 2. The Balaban J connectivity index is 1.59. The fourth-order valence-electron chi connectivity index (χ4n) is 3.52. The van der Waals surface area contributed by atoms with Gasteiger partial charge in [0.2, 0.25) is 0 Å². The van der Waals surface area contributed by atoms with Crippen molar-refractivity contribution in [2.45, 2.75) is 38.6 Å². The molecule has 2 fully saturated rings. The zero-order chi connectivity index (χ0) is 13.4. The van der Waals surface area contributed by atoms with Crippen LogP contribution in [0.3, 0.4) is 0 Å². The third-order valence-corrected chi connectivity index (χ3v) is 5.20. The summed E-state index contributed by atoms with van der Waals surface area (Å²) in [7, 11) is 0. The molecule has 1 aromatic carbocycles. The first-order chi connectivity index (χ1) is 9.11. The summed E-state index contributed by atoms with van der Waals surface area (Å²) >= 11 is 8.93. The van der Waals surface area contributed by atoms with Crippen LogP contribution in [0.15, 0.2) is 22.7 Å². The van der Waals surface area contributed by atoms with E-state index in [0.29, 0.717) is 6.04 Å². The Hall–Kier alpha value is -0.610. The first-order valence-corrected chi connectivity index (χ1v) is 8.15. The number of aryl methyl sites for hydroxylation is 1. The van der Waals surface area contributed by atoms with Crippen LogP contribution in [0.25, 0.3) is 0 Å². The molecule has 0 saturated heterocycles. The molecule has 2 nitrogen and oxygen atoms in total. The number of anilines is 1. The number of thiocarbonyl (C=S) groups is 1. The second-order valence-corrected chi connectivity index (χ2v) is 7.16. The summed E-state index contributed by atoms with van der Waals surface area (Å²) in [4.78, 5) is 0. The Morgan fingerprint density at radius 1 is 1.32 bits per heavy atom. The van der Waals surface area contributed by atoms with Crippen molar-refractivity contribution in [2.24, 2.45) is 11.8 Å². The zero-order valence-electron chi connectivity index (χ0n) is 11.1. The molecular formula is C15H19BrN2S. The van der Waals surface area contributed by atoms with E-state index in [4.69, 9.17) is 12.2 Å². The lowest BCUT2D eigenvalue weighted by Gasteiger charge is -2.24. The van der Waals surface area contributed by atoms with Gasteiger partial charge in [0.25, 0.3) is 0 Å². The SMILES string of the molecule is Cc1cc(Br)ccc1NC(=S)N[C@H]1C[C@@H]2CC[C@@H]1C2. The molecule has 3 atom stereocenters. The molecule has 0 radical (unpaired) electrons. The summed E-state index contributed by atoms with van der Waals surface area (Å²) in [6.07, 6.45) is 5.50. The Bertz CT molecular complexity index is 503. The highest BCUT2D eigenvalue weighted by Gasteiger charge is 2.39. The van der Waals surface area contributed by atoms with Crippen LogP contribution >= 0.6 is 28.1 Å². The lowest BCUT2D eigenvalue weighted by Crippen LogP contribution is -2.40. The second kappa shape index (κ2) is 5.41. The molecule has 0 heterocycles. The summed E-state index contributed by atoms with van der Waals surface area (Å²) in [5.74, 6) is 1.79. The normalized spacial score (nSPS) is 28.4. The molecular weight excluding hydrogens is 320 g/mol. The van der Waals surface area contributed by atoms with Gasteiger partial charge in [0, 0.05) is 16.2 Å². The zero-order valence-corrected chi connectivity index (χ0v) is 13.5. The average Bonchev–Trinajstić information content (AvgIpc) is 2.95. The minimum Gasteiger partial charge on any atom is -0.359 e. The van der Waals surface area contributed by atoms with Crippen LogP contribution in [0.2, 0.25) is 0 Å². The van der Waals surface area contributed by atoms with Gasteiger partial charge in [-0.1, -0.05) is 22.4 Å². The van der Waals surface area contributed by atoms with Crippen LogP contribution < -0.4 is 10.6 Å². The first-order valence-electron chi connectivity index (χ1n) is 6.95. The number of fused-ring (bicyclic) bond motifs is 2. The van der Waals surface area contributed by atoms with E-state index in [-0.39, 0.29) is 0 Å². The summed E-state index contributed by atoms with van der Waals surface area (Å²) in [5.41, 5.74) is 2.29. The van der Waals surface area contributed by atoms with Gasteiger partial charge < -0.3 is 10.6 Å². The predicted octanol–water partition coefficient (Wildman–Crippen LogP) is 4.23. The van der Waals surface area contributed by atoms with Gasteiger partial charge in [-0.25, -0.2) is 0 Å². The van der Waals surface area contributed by atoms with Gasteiger partial charge >= 0.3 is 0 Å². The maximum absolute atomic E-state index is 5.45. The monoisotopic (exact) mass is 338 g/mol. The fraction of sp³-hybridized carbons (Fsp3) is 0.533. The largest absolute Gasteiger partial charge is 0.359 e. The Morgan fingerprint density at radius 2 is 2.16 bits per heavy atom. The second-order valence-electron chi connectivity index (χ2n) is 5.84. The quantitative estimate of drug-likeness (QED) is 0.789. The van der Waals surface area contributed by atoms with Gasteiger partial charge in [-0.2, -0.15) is 0 Å². The van der Waals surface area contributed by atoms with Crippen molar-refractivity contribution in [3.63, 3.8) is 0 Å². The molecule has 0 aromatic heterocycles. The van der Waals surface area contributed by atoms with Crippen molar-refractivity contribution in [1.82, 2.24) is 5.32 Å². The fourth-order valence-corrected chi connectivity index (χ4v) is 4.25. The molecule has 0 spiro atoms. The lowest BCUT2D eigenvalue weighted by atomic mass is 9.95. The average molecular weight is 339 g/mol. The molecule has 2 saturated carbocycles. The molecule has 2 aliphatic carbocycles. The number of hydrogen-bond donors (Lipinski definition) is 2. The van der Waals surface area contributed by atoms with E-state index in [9.17, 15) is 0 Å². The third kappa shape index (κ3) is 2.95. The van der Waals surface area contributed by atoms with Crippen molar-refractivity contribution in [2.75, 3.05) is 5.32 Å². The van der Waals surface area contributed by atoms with Crippen molar-refractivity contribution in [3.8, 4) is 0 Å². The first kappa shape index (κ1) is 13.4. The van der Waals surface area contributed by atoms with E-state index >= 15 is 0 Å². The Kier molecular flexibility index (Phi) is 3.81. The van der Waals surface area contributed by atoms with E-state index in [1.54, 1.807) is 0 Å². The summed E-state index contributed by atoms with van der Waals surface area (Å²) in [6, 6.07) is 6.79. The number of benzene rings is 1. The highest BCUT2D eigenvalue weighted by Crippen LogP contribution is 2.44. The standard InChI is InChI=1S/C15H19BrN2S/c1-9-6-12(16)4-5-13(9)17-15(19)18-14-8-10-2-3-11(14)7-10/h4-6,10-11,14H,2-3,7-8H2,1H3,(H2,17,18,19)/t10-,11-,14+/m1/s1. The maximum atomic E-state index is 5.45. The lowest BCUT2D eigenvalue weighted by molar-refractivity contribution is 0.392. The number of halogens is 1. The van der Waals surface area contributed by atoms with Crippen LogP contribution in [0.5, 0.6) is 0 Å². The summed E-state index contributed by atoms with van der Waals surface area (Å²) in [5, 5.41) is 7.60. The number of rotatable bonds is 2. The van der Waals surface area contributed by atoms with Crippen LogP contribution in [0, 0.1) is 18.8 Å². The molecule has 0 amide bonds. The predicted molar refractivity (Wildman–Crippen MR) is 87.5 cm³/mol. The van der Waals surface area contributed by atoms with E-state index in [1.165, 1.54) is 31.2 Å². The third-order valence-electron chi connectivity index (χ3n) is 4.49. The van der Waals surface area contributed by atoms with E-state index in [2.05, 4.69) is 45.6 Å². The molecule has 2 bridgehead atoms. The molecule has 2 aliphatic rings. The van der Waals surface area contributed by atoms with Crippen LogP contribution in [-0.2, 0) is 0 Å². The van der Waals surface area contributed by atoms with Gasteiger partial charge in [-0.3, -0.25) is 0 Å². The van der Waals surface area contributed by atoms with E-state index < -0.39 is 0 Å². The van der Waals surface area contributed by atoms with Crippen molar-refractivity contribution >= 4 is 38.9 Å². The van der Waals surface area contributed by atoms with Gasteiger partial charge in [-0.05, 0) is 74.0 Å². The Labute approximate surface area is 128 Å². The van der Waals surface area contributed by atoms with E-state index in [1.807, 2.05) is 6.07 Å². The van der Waals surface area contributed by atoms with Crippen LogP contribution in [-0.4, -0.2) is 11.2 Å². The summed E-state index contributed by atoms with van der Waals surface area (Å²) in [6.45, 7) is 2.09. The molecule has 0 unspecified atom stereocenters. The topological polar surface area (TPSA) is 24.1 Å². The Morgan fingerprint density at radius 3 is 2.79 bits per heavy atom. The molecule has 3 rings (SSSR count). The minimum absolute atomic E-state index is 0.592. The number of hydrogen-bond acceptors (Lipinski definition) is 1. The summed E-state index contributed by atoms with van der Waals surface area (Å²) < 4.78 is 1.10. The molecule has 4 heteroatoms. The highest BCUT2D eigenvalue weighted by molar-refractivity contribution is 9.10.